The van der Waals surface area contributed by atoms with Gasteiger partial charge in [-0.1, -0.05) is 17.7 Å². The molecule has 1 amide bonds. The van der Waals surface area contributed by atoms with Crippen molar-refractivity contribution < 1.29 is 13.9 Å². The van der Waals surface area contributed by atoms with Crippen LogP contribution in [0.4, 0.5) is 21.7 Å². The van der Waals surface area contributed by atoms with Gasteiger partial charge in [-0.15, -0.1) is 10.2 Å². The van der Waals surface area contributed by atoms with Crippen molar-refractivity contribution in [2.45, 2.75) is 0 Å². The van der Waals surface area contributed by atoms with E-state index in [-0.39, 0.29) is 16.4 Å². The molecule has 0 aliphatic heterocycles. The van der Waals surface area contributed by atoms with Crippen LogP contribution in [-0.4, -0.2) is 23.2 Å². The Morgan fingerprint density at radius 3 is 2.35 bits per heavy atom. The van der Waals surface area contributed by atoms with Gasteiger partial charge in [0.2, 0.25) is 0 Å². The van der Waals surface area contributed by atoms with Crippen LogP contribution in [0.15, 0.2) is 54.6 Å². The Morgan fingerprint density at radius 2 is 1.73 bits per heavy atom. The van der Waals surface area contributed by atoms with E-state index in [1.165, 1.54) is 12.1 Å². The minimum atomic E-state index is -0.708. The van der Waals surface area contributed by atoms with Crippen LogP contribution in [0.25, 0.3) is 0 Å². The summed E-state index contributed by atoms with van der Waals surface area (Å²) in [6.45, 7) is 0. The Bertz CT molecular complexity index is 897. The molecule has 0 saturated carbocycles. The highest BCUT2D eigenvalue weighted by atomic mass is 35.5. The van der Waals surface area contributed by atoms with Gasteiger partial charge in [-0.25, -0.2) is 4.39 Å². The molecular formula is C18H14ClFN4O2. The third-order valence-electron chi connectivity index (χ3n) is 3.46. The van der Waals surface area contributed by atoms with Gasteiger partial charge < -0.3 is 15.4 Å². The summed E-state index contributed by atoms with van der Waals surface area (Å²) in [6.07, 6.45) is 0. The molecule has 26 heavy (non-hydrogen) atoms. The monoisotopic (exact) mass is 372 g/mol. The van der Waals surface area contributed by atoms with Crippen LogP contribution in [-0.2, 0) is 0 Å². The fourth-order valence-corrected chi connectivity index (χ4v) is 2.43. The van der Waals surface area contributed by atoms with Crippen molar-refractivity contribution in [3.8, 4) is 5.75 Å². The minimum Gasteiger partial charge on any atom is -0.497 e. The Morgan fingerprint density at radius 1 is 1.04 bits per heavy atom. The summed E-state index contributed by atoms with van der Waals surface area (Å²) in [4.78, 5) is 12.2. The SMILES string of the molecule is COc1ccc(Nc2ccc(NC(=O)c3c(F)cccc3Cl)nn2)cc1. The molecule has 0 atom stereocenters. The summed E-state index contributed by atoms with van der Waals surface area (Å²) in [6, 6.07) is 14.5. The average Bonchev–Trinajstić information content (AvgIpc) is 2.64. The molecule has 1 aromatic heterocycles. The van der Waals surface area contributed by atoms with Gasteiger partial charge in [0.15, 0.2) is 11.6 Å². The molecule has 0 aliphatic carbocycles. The van der Waals surface area contributed by atoms with Crippen LogP contribution < -0.4 is 15.4 Å². The maximum absolute atomic E-state index is 13.8. The minimum absolute atomic E-state index is 0.0215. The Kier molecular flexibility index (Phi) is 5.28. The highest BCUT2D eigenvalue weighted by Crippen LogP contribution is 2.21. The third-order valence-corrected chi connectivity index (χ3v) is 3.77. The first kappa shape index (κ1) is 17.6. The van der Waals surface area contributed by atoms with Crippen LogP contribution in [0.3, 0.4) is 0 Å². The molecule has 0 aliphatic rings. The number of carbonyl (C=O) groups excluding carboxylic acids is 1. The number of hydrogen-bond acceptors (Lipinski definition) is 5. The van der Waals surface area contributed by atoms with Gasteiger partial charge in [-0.2, -0.15) is 0 Å². The van der Waals surface area contributed by atoms with Gasteiger partial charge in [0.1, 0.15) is 11.6 Å². The number of ether oxygens (including phenoxy) is 1. The van der Waals surface area contributed by atoms with E-state index >= 15 is 0 Å². The number of hydrogen-bond donors (Lipinski definition) is 2. The van der Waals surface area contributed by atoms with Crippen LogP contribution in [0.1, 0.15) is 10.4 Å². The Labute approximate surface area is 154 Å². The number of nitrogens with zero attached hydrogens (tertiary/aromatic N) is 2. The number of amides is 1. The highest BCUT2D eigenvalue weighted by Gasteiger charge is 2.16. The lowest BCUT2D eigenvalue weighted by Crippen LogP contribution is -2.15. The van der Waals surface area contributed by atoms with Crippen molar-refractivity contribution in [2.75, 3.05) is 17.7 Å². The predicted molar refractivity (Wildman–Crippen MR) is 97.7 cm³/mol. The molecule has 0 radical (unpaired) electrons. The molecule has 0 unspecified atom stereocenters. The molecule has 0 bridgehead atoms. The van der Waals surface area contributed by atoms with E-state index in [2.05, 4.69) is 20.8 Å². The summed E-state index contributed by atoms with van der Waals surface area (Å²) < 4.78 is 18.9. The largest absolute Gasteiger partial charge is 0.497 e. The first-order valence-corrected chi connectivity index (χ1v) is 7.95. The van der Waals surface area contributed by atoms with Crippen molar-refractivity contribution in [3.63, 3.8) is 0 Å². The summed E-state index contributed by atoms with van der Waals surface area (Å²) in [5, 5.41) is 13.4. The van der Waals surface area contributed by atoms with E-state index in [1.54, 1.807) is 19.2 Å². The molecule has 1 heterocycles. The van der Waals surface area contributed by atoms with Gasteiger partial charge in [-0.3, -0.25) is 4.79 Å². The zero-order valence-electron chi connectivity index (χ0n) is 13.7. The number of halogens is 2. The number of carbonyl (C=O) groups is 1. The summed E-state index contributed by atoms with van der Waals surface area (Å²) in [7, 11) is 1.59. The number of aromatic nitrogens is 2. The second-order valence-electron chi connectivity index (χ2n) is 5.21. The second kappa shape index (κ2) is 7.79. The first-order valence-electron chi connectivity index (χ1n) is 7.57. The summed E-state index contributed by atoms with van der Waals surface area (Å²) in [5.41, 5.74) is 0.562. The van der Waals surface area contributed by atoms with Crippen LogP contribution in [0.5, 0.6) is 5.75 Å². The highest BCUT2D eigenvalue weighted by molar-refractivity contribution is 6.34. The van der Waals surface area contributed by atoms with E-state index in [4.69, 9.17) is 16.3 Å². The van der Waals surface area contributed by atoms with Crippen LogP contribution >= 0.6 is 11.6 Å². The normalized spacial score (nSPS) is 10.3. The standard InChI is InChI=1S/C18H14ClFN4O2/c1-26-12-7-5-11(6-8-12)21-15-9-10-16(24-23-15)22-18(25)17-13(19)3-2-4-14(17)20/h2-10H,1H3,(H,21,23)(H,22,24,25). The van der Waals surface area contributed by atoms with Crippen molar-refractivity contribution in [3.05, 3.63) is 71.0 Å². The smallest absolute Gasteiger partial charge is 0.261 e. The van der Waals surface area contributed by atoms with Crippen molar-refractivity contribution in [1.29, 1.82) is 0 Å². The number of rotatable bonds is 5. The molecule has 2 aromatic carbocycles. The zero-order chi connectivity index (χ0) is 18.5. The summed E-state index contributed by atoms with van der Waals surface area (Å²) >= 11 is 5.87. The van der Waals surface area contributed by atoms with Gasteiger partial charge in [-0.05, 0) is 48.5 Å². The van der Waals surface area contributed by atoms with E-state index in [0.29, 0.717) is 5.82 Å². The molecule has 3 rings (SSSR count). The molecule has 2 N–H and O–H groups in total. The van der Waals surface area contributed by atoms with Gasteiger partial charge >= 0.3 is 0 Å². The molecule has 6 nitrogen and oxygen atoms in total. The van der Waals surface area contributed by atoms with Crippen molar-refractivity contribution in [1.82, 2.24) is 10.2 Å². The van der Waals surface area contributed by atoms with Gasteiger partial charge in [0.05, 0.1) is 17.7 Å². The quantitative estimate of drug-likeness (QED) is 0.699. The maximum atomic E-state index is 13.8. The lowest BCUT2D eigenvalue weighted by atomic mass is 10.2. The van der Waals surface area contributed by atoms with E-state index < -0.39 is 11.7 Å². The lowest BCUT2D eigenvalue weighted by molar-refractivity contribution is 0.102. The summed E-state index contributed by atoms with van der Waals surface area (Å²) in [5.74, 6) is -0.00259. The number of nitrogens with one attached hydrogen (secondary N) is 2. The fourth-order valence-electron chi connectivity index (χ4n) is 2.18. The predicted octanol–water partition coefficient (Wildman–Crippen LogP) is 4.27. The average molecular weight is 373 g/mol. The van der Waals surface area contributed by atoms with Crippen LogP contribution in [0, 0.1) is 5.82 Å². The van der Waals surface area contributed by atoms with E-state index in [1.807, 2.05) is 24.3 Å². The van der Waals surface area contributed by atoms with Crippen molar-refractivity contribution in [2.24, 2.45) is 0 Å². The number of methoxy groups -OCH3 is 1. The molecular weight excluding hydrogens is 359 g/mol. The van der Waals surface area contributed by atoms with E-state index in [0.717, 1.165) is 17.5 Å². The van der Waals surface area contributed by atoms with Crippen molar-refractivity contribution >= 4 is 34.8 Å². The Balaban J connectivity index is 1.68. The molecule has 8 heteroatoms. The number of anilines is 3. The van der Waals surface area contributed by atoms with Gasteiger partial charge in [0.25, 0.3) is 5.91 Å². The van der Waals surface area contributed by atoms with E-state index in [9.17, 15) is 9.18 Å². The third kappa shape index (κ3) is 4.07. The number of benzene rings is 2. The second-order valence-corrected chi connectivity index (χ2v) is 5.62. The maximum Gasteiger partial charge on any atom is 0.261 e. The van der Waals surface area contributed by atoms with Gasteiger partial charge in [0, 0.05) is 5.69 Å². The zero-order valence-corrected chi connectivity index (χ0v) is 14.4. The Hall–Kier alpha value is -3.19. The molecule has 3 aromatic rings. The molecule has 0 spiro atoms. The fraction of sp³-hybridized carbons (Fsp3) is 0.0556. The first-order chi connectivity index (χ1) is 12.6. The lowest BCUT2D eigenvalue weighted by Gasteiger charge is -2.08. The molecule has 0 fully saturated rings. The molecule has 0 saturated heterocycles. The topological polar surface area (TPSA) is 76.1 Å². The molecule has 132 valence electrons. The van der Waals surface area contributed by atoms with Crippen LogP contribution in [0.2, 0.25) is 5.02 Å².